The molecule has 0 spiro atoms. The first-order valence-corrected chi connectivity index (χ1v) is 4.94. The average molecular weight is 183 g/mol. The van der Waals surface area contributed by atoms with Crippen LogP contribution < -0.4 is 0 Å². The molecule has 0 unspecified atom stereocenters. The van der Waals surface area contributed by atoms with Crippen LogP contribution in [-0.4, -0.2) is 19.1 Å². The molecular weight excluding hydrogens is 166 g/mol. The summed E-state index contributed by atoms with van der Waals surface area (Å²) in [5, 5.41) is 0. The quantitative estimate of drug-likeness (QED) is 0.494. The Hall–Kier alpha value is -0.590. The summed E-state index contributed by atoms with van der Waals surface area (Å²) in [6.45, 7) is 9.44. The lowest BCUT2D eigenvalue weighted by atomic mass is 9.94. The Labute approximate surface area is 79.8 Å². The standard InChI is InChI=1S/C10H17NO2/c1-3-12-10(13-9-11-2)7-5-4-6-8-10/h3-9H2,1H3. The zero-order valence-corrected chi connectivity index (χ0v) is 8.21. The molecule has 0 atom stereocenters. The van der Waals surface area contributed by atoms with E-state index >= 15 is 0 Å². The Morgan fingerprint density at radius 3 is 2.46 bits per heavy atom. The van der Waals surface area contributed by atoms with Gasteiger partial charge < -0.3 is 4.74 Å². The molecule has 3 heteroatoms. The highest BCUT2D eigenvalue weighted by atomic mass is 16.7. The van der Waals surface area contributed by atoms with Gasteiger partial charge in [-0.2, -0.15) is 0 Å². The average Bonchev–Trinajstić information content (AvgIpc) is 2.17. The van der Waals surface area contributed by atoms with Gasteiger partial charge in [0.05, 0.1) is 0 Å². The smallest absolute Gasteiger partial charge is 0.320 e. The second-order valence-electron chi connectivity index (χ2n) is 3.34. The Kier molecular flexibility index (Phi) is 4.20. The predicted molar refractivity (Wildman–Crippen MR) is 50.0 cm³/mol. The first-order valence-electron chi connectivity index (χ1n) is 4.94. The van der Waals surface area contributed by atoms with E-state index in [4.69, 9.17) is 16.0 Å². The van der Waals surface area contributed by atoms with Crippen LogP contribution in [0, 0.1) is 6.57 Å². The number of hydrogen-bond donors (Lipinski definition) is 0. The SMILES string of the molecule is [C-]#[N+]COC1(OCC)CCCCC1. The molecule has 13 heavy (non-hydrogen) atoms. The molecule has 0 aromatic rings. The van der Waals surface area contributed by atoms with E-state index in [0.717, 1.165) is 25.7 Å². The minimum absolute atomic E-state index is 0.125. The van der Waals surface area contributed by atoms with Crippen molar-refractivity contribution in [2.24, 2.45) is 0 Å². The van der Waals surface area contributed by atoms with Crippen molar-refractivity contribution in [2.75, 3.05) is 13.3 Å². The molecule has 74 valence electrons. The van der Waals surface area contributed by atoms with Gasteiger partial charge in [0.1, 0.15) is 0 Å². The number of nitrogens with zero attached hydrogens (tertiary/aromatic N) is 1. The molecule has 0 radical (unpaired) electrons. The first kappa shape index (κ1) is 10.5. The summed E-state index contributed by atoms with van der Waals surface area (Å²) in [4.78, 5) is 3.20. The van der Waals surface area contributed by atoms with E-state index in [1.165, 1.54) is 6.42 Å². The lowest BCUT2D eigenvalue weighted by molar-refractivity contribution is -0.245. The van der Waals surface area contributed by atoms with Crippen molar-refractivity contribution in [1.29, 1.82) is 0 Å². The van der Waals surface area contributed by atoms with Gasteiger partial charge in [-0.1, -0.05) is 6.42 Å². The zero-order chi connectivity index (χ0) is 9.57. The summed E-state index contributed by atoms with van der Waals surface area (Å²) in [5.74, 6) is -0.433. The van der Waals surface area contributed by atoms with Gasteiger partial charge in [-0.25, -0.2) is 6.57 Å². The summed E-state index contributed by atoms with van der Waals surface area (Å²) in [6.07, 6.45) is 5.44. The molecule has 0 saturated heterocycles. The largest absolute Gasteiger partial charge is 0.350 e. The van der Waals surface area contributed by atoms with Crippen molar-refractivity contribution in [1.82, 2.24) is 0 Å². The van der Waals surface area contributed by atoms with E-state index in [1.54, 1.807) is 0 Å². The molecule has 1 saturated carbocycles. The number of rotatable bonds is 4. The molecule has 1 rings (SSSR count). The highest BCUT2D eigenvalue weighted by Crippen LogP contribution is 2.32. The molecule has 3 nitrogen and oxygen atoms in total. The number of hydrogen-bond acceptors (Lipinski definition) is 2. The maximum Gasteiger partial charge on any atom is 0.320 e. The minimum atomic E-state index is -0.433. The third-order valence-corrected chi connectivity index (χ3v) is 2.41. The summed E-state index contributed by atoms with van der Waals surface area (Å²) < 4.78 is 11.1. The molecule has 0 bridgehead atoms. The van der Waals surface area contributed by atoms with Crippen molar-refractivity contribution >= 4 is 0 Å². The van der Waals surface area contributed by atoms with E-state index in [-0.39, 0.29) is 6.73 Å². The van der Waals surface area contributed by atoms with Crippen LogP contribution in [0.3, 0.4) is 0 Å². The summed E-state index contributed by atoms with van der Waals surface area (Å²) in [6, 6.07) is 0. The Bertz CT molecular complexity index is 174. The second kappa shape index (κ2) is 5.21. The summed E-state index contributed by atoms with van der Waals surface area (Å²) in [7, 11) is 0. The third kappa shape index (κ3) is 2.98. The van der Waals surface area contributed by atoms with Crippen LogP contribution >= 0.6 is 0 Å². The van der Waals surface area contributed by atoms with Crippen molar-refractivity contribution in [2.45, 2.75) is 44.8 Å². The maximum atomic E-state index is 6.68. The molecule has 0 aliphatic heterocycles. The molecule has 0 aromatic heterocycles. The molecule has 0 amide bonds. The Morgan fingerprint density at radius 1 is 1.23 bits per heavy atom. The minimum Gasteiger partial charge on any atom is -0.350 e. The fourth-order valence-electron chi connectivity index (χ4n) is 1.83. The van der Waals surface area contributed by atoms with E-state index < -0.39 is 5.79 Å². The van der Waals surface area contributed by atoms with E-state index in [1.807, 2.05) is 6.92 Å². The van der Waals surface area contributed by atoms with Gasteiger partial charge in [-0.15, -0.1) is 0 Å². The van der Waals surface area contributed by atoms with Crippen LogP contribution in [0.4, 0.5) is 0 Å². The highest BCUT2D eigenvalue weighted by Gasteiger charge is 2.34. The van der Waals surface area contributed by atoms with Crippen LogP contribution in [0.1, 0.15) is 39.0 Å². The van der Waals surface area contributed by atoms with Crippen molar-refractivity contribution in [3.05, 3.63) is 11.4 Å². The van der Waals surface area contributed by atoms with E-state index in [2.05, 4.69) is 4.85 Å². The lowest BCUT2D eigenvalue weighted by Crippen LogP contribution is -2.38. The fourth-order valence-corrected chi connectivity index (χ4v) is 1.83. The van der Waals surface area contributed by atoms with Crippen LogP contribution in [0.15, 0.2) is 0 Å². The monoisotopic (exact) mass is 183 g/mol. The molecule has 1 aliphatic rings. The zero-order valence-electron chi connectivity index (χ0n) is 8.21. The molecule has 0 heterocycles. The van der Waals surface area contributed by atoms with Crippen molar-refractivity contribution in [3.8, 4) is 0 Å². The van der Waals surface area contributed by atoms with Gasteiger partial charge in [0.25, 0.3) is 0 Å². The van der Waals surface area contributed by atoms with Crippen LogP contribution in [0.5, 0.6) is 0 Å². The van der Waals surface area contributed by atoms with Gasteiger partial charge in [-0.3, -0.25) is 9.58 Å². The molecule has 1 fully saturated rings. The number of ether oxygens (including phenoxy) is 2. The molecule has 0 aromatic carbocycles. The second-order valence-corrected chi connectivity index (χ2v) is 3.34. The van der Waals surface area contributed by atoms with Gasteiger partial charge in [0.2, 0.25) is 0 Å². The first-order chi connectivity index (χ1) is 6.33. The summed E-state index contributed by atoms with van der Waals surface area (Å²) >= 11 is 0. The molecular formula is C10H17NO2. The molecule has 1 aliphatic carbocycles. The highest BCUT2D eigenvalue weighted by molar-refractivity contribution is 4.75. The van der Waals surface area contributed by atoms with Gasteiger partial charge in [0.15, 0.2) is 5.79 Å². The van der Waals surface area contributed by atoms with Gasteiger partial charge in [0, 0.05) is 19.4 Å². The van der Waals surface area contributed by atoms with Crippen LogP contribution in [0.25, 0.3) is 4.85 Å². The van der Waals surface area contributed by atoms with E-state index in [0.29, 0.717) is 6.61 Å². The third-order valence-electron chi connectivity index (χ3n) is 2.41. The fraction of sp³-hybridized carbons (Fsp3) is 0.900. The Morgan fingerprint density at radius 2 is 1.92 bits per heavy atom. The normalized spacial score (nSPS) is 20.9. The van der Waals surface area contributed by atoms with E-state index in [9.17, 15) is 0 Å². The van der Waals surface area contributed by atoms with Crippen molar-refractivity contribution < 1.29 is 9.47 Å². The lowest BCUT2D eigenvalue weighted by Gasteiger charge is -2.34. The summed E-state index contributed by atoms with van der Waals surface area (Å²) in [5.41, 5.74) is 0. The van der Waals surface area contributed by atoms with Crippen molar-refractivity contribution in [3.63, 3.8) is 0 Å². The molecule has 0 N–H and O–H groups in total. The van der Waals surface area contributed by atoms with Crippen LogP contribution in [-0.2, 0) is 9.47 Å². The maximum absolute atomic E-state index is 6.68. The van der Waals surface area contributed by atoms with Gasteiger partial charge >= 0.3 is 6.73 Å². The van der Waals surface area contributed by atoms with Gasteiger partial charge in [-0.05, 0) is 19.8 Å². The topological polar surface area (TPSA) is 22.8 Å². The Balaban J connectivity index is 2.46. The van der Waals surface area contributed by atoms with Crippen LogP contribution in [0.2, 0.25) is 0 Å². The predicted octanol–water partition coefficient (Wildman–Crippen LogP) is 2.58.